The summed E-state index contributed by atoms with van der Waals surface area (Å²) in [7, 11) is 3.42. The lowest BCUT2D eigenvalue weighted by molar-refractivity contribution is -0.0501. The van der Waals surface area contributed by atoms with Gasteiger partial charge in [0.2, 0.25) is 5.78 Å². The second-order valence-corrected chi connectivity index (χ2v) is 5.65. The highest BCUT2D eigenvalue weighted by Crippen LogP contribution is 2.25. The highest BCUT2D eigenvalue weighted by Gasteiger charge is 2.21. The normalized spacial score (nSPS) is 11.4. The monoisotopic (exact) mass is 367 g/mol. The molecule has 0 amide bonds. The lowest BCUT2D eigenvalue weighted by Crippen LogP contribution is -2.16. The molecule has 0 fully saturated rings. The number of halogens is 3. The van der Waals surface area contributed by atoms with Crippen molar-refractivity contribution in [3.8, 4) is 11.5 Å². The van der Waals surface area contributed by atoms with E-state index in [1.165, 1.54) is 24.4 Å². The van der Waals surface area contributed by atoms with Crippen LogP contribution in [0.5, 0.6) is 11.5 Å². The minimum absolute atomic E-state index is 0.0233. The maximum absolute atomic E-state index is 12.8. The Morgan fingerprint density at radius 1 is 1.12 bits per heavy atom. The third-order valence-corrected chi connectivity index (χ3v) is 3.24. The first-order valence-electron chi connectivity index (χ1n) is 7.27. The minimum Gasteiger partial charge on any atom is -0.452 e. The van der Waals surface area contributed by atoms with Gasteiger partial charge in [-0.25, -0.2) is 0 Å². The van der Waals surface area contributed by atoms with Gasteiger partial charge in [0.05, 0.1) is 5.56 Å². The first kappa shape index (κ1) is 18.7. The van der Waals surface area contributed by atoms with Crippen molar-refractivity contribution in [3.05, 3.63) is 71.1 Å². The number of ether oxygens (including phenoxy) is 2. The predicted octanol–water partition coefficient (Wildman–Crippen LogP) is 4.61. The maximum atomic E-state index is 12.8. The number of para-hydroxylation sites is 1. The molecule has 2 aromatic rings. The van der Waals surface area contributed by atoms with Gasteiger partial charge in [0.15, 0.2) is 5.76 Å². The topological polar surface area (TPSA) is 38.8 Å². The molecule has 0 bridgehead atoms. The fraction of sp³-hybridized carbons (Fsp3) is 0.167. The average molecular weight is 368 g/mol. The maximum Gasteiger partial charge on any atom is 0.387 e. The van der Waals surface area contributed by atoms with Crippen molar-refractivity contribution in [2.45, 2.75) is 6.61 Å². The van der Waals surface area contributed by atoms with Crippen LogP contribution in [-0.4, -0.2) is 31.4 Å². The van der Waals surface area contributed by atoms with Crippen molar-refractivity contribution in [3.63, 3.8) is 0 Å². The number of hydrogen-bond donors (Lipinski definition) is 0. The van der Waals surface area contributed by atoms with Crippen LogP contribution >= 0.6 is 11.6 Å². The highest BCUT2D eigenvalue weighted by molar-refractivity contribution is 6.30. The summed E-state index contributed by atoms with van der Waals surface area (Å²) in [6, 6.07) is 12.2. The summed E-state index contributed by atoms with van der Waals surface area (Å²) in [5.74, 6) is -0.456. The van der Waals surface area contributed by atoms with Crippen LogP contribution in [0.3, 0.4) is 0 Å². The van der Waals surface area contributed by atoms with Gasteiger partial charge in [0.1, 0.15) is 11.5 Å². The smallest absolute Gasteiger partial charge is 0.387 e. The van der Waals surface area contributed by atoms with Crippen LogP contribution in [-0.2, 0) is 0 Å². The minimum atomic E-state index is -3.03. The molecule has 0 unspecified atom stereocenters. The molecule has 4 nitrogen and oxygen atoms in total. The van der Waals surface area contributed by atoms with E-state index in [1.807, 2.05) is 0 Å². The second-order valence-electron chi connectivity index (χ2n) is 5.22. The molecular formula is C18H16ClF2NO3. The molecule has 0 spiro atoms. The van der Waals surface area contributed by atoms with Gasteiger partial charge in [-0.2, -0.15) is 8.78 Å². The molecule has 0 radical (unpaired) electrons. The van der Waals surface area contributed by atoms with E-state index < -0.39 is 12.4 Å². The molecule has 0 aliphatic heterocycles. The fourth-order valence-electron chi connectivity index (χ4n) is 1.98. The number of nitrogens with zero attached hydrogens (tertiary/aromatic N) is 1. The molecule has 2 rings (SSSR count). The van der Waals surface area contributed by atoms with Crippen molar-refractivity contribution in [2.75, 3.05) is 14.1 Å². The number of alkyl halides is 2. The number of rotatable bonds is 7. The van der Waals surface area contributed by atoms with Crippen molar-refractivity contribution in [2.24, 2.45) is 0 Å². The molecule has 0 aliphatic carbocycles. The molecule has 0 N–H and O–H groups in total. The van der Waals surface area contributed by atoms with Crippen LogP contribution in [0, 0.1) is 0 Å². The molecule has 0 aromatic heterocycles. The Bertz CT molecular complexity index is 761. The SMILES string of the molecule is CN(C)C=C(Oc1ccc(Cl)cc1)C(=O)c1ccccc1OC(F)F. The van der Waals surface area contributed by atoms with Gasteiger partial charge in [0, 0.05) is 25.3 Å². The molecule has 2 aromatic carbocycles. The standard InChI is InChI=1S/C18H16ClF2NO3/c1-22(2)11-16(24-13-9-7-12(19)8-10-13)17(23)14-5-3-4-6-15(14)25-18(20)21/h3-11,18H,1-2H3. The zero-order valence-corrected chi connectivity index (χ0v) is 14.3. The largest absolute Gasteiger partial charge is 0.452 e. The van der Waals surface area contributed by atoms with Crippen molar-refractivity contribution < 1.29 is 23.0 Å². The number of benzene rings is 2. The predicted molar refractivity (Wildman–Crippen MR) is 91.3 cm³/mol. The van der Waals surface area contributed by atoms with Gasteiger partial charge in [0.25, 0.3) is 0 Å². The third-order valence-electron chi connectivity index (χ3n) is 2.99. The van der Waals surface area contributed by atoms with E-state index in [2.05, 4.69) is 4.74 Å². The molecular weight excluding hydrogens is 352 g/mol. The molecule has 0 aliphatic rings. The van der Waals surface area contributed by atoms with E-state index >= 15 is 0 Å². The van der Waals surface area contributed by atoms with Crippen molar-refractivity contribution >= 4 is 17.4 Å². The van der Waals surface area contributed by atoms with Gasteiger partial charge in [-0.1, -0.05) is 23.7 Å². The summed E-state index contributed by atoms with van der Waals surface area (Å²) in [5.41, 5.74) is -0.0233. The van der Waals surface area contributed by atoms with E-state index in [0.717, 1.165) is 0 Å². The number of allylic oxidation sites excluding steroid dienone is 1. The van der Waals surface area contributed by atoms with Crippen molar-refractivity contribution in [1.82, 2.24) is 4.90 Å². The Balaban J connectivity index is 2.35. The number of carbonyl (C=O) groups is 1. The third kappa shape index (κ3) is 5.46. The molecule has 7 heteroatoms. The van der Waals surface area contributed by atoms with Gasteiger partial charge in [-0.3, -0.25) is 4.79 Å². The number of hydrogen-bond acceptors (Lipinski definition) is 4. The number of carbonyl (C=O) groups excluding carboxylic acids is 1. The first-order chi connectivity index (χ1) is 11.9. The Labute approximate surface area is 149 Å². The molecule has 132 valence electrons. The summed E-state index contributed by atoms with van der Waals surface area (Å²) in [6.45, 7) is -3.03. The molecule has 0 saturated heterocycles. The van der Waals surface area contributed by atoms with E-state index in [4.69, 9.17) is 16.3 Å². The highest BCUT2D eigenvalue weighted by atomic mass is 35.5. The molecule has 0 atom stereocenters. The lowest BCUT2D eigenvalue weighted by Gasteiger charge is -2.15. The zero-order valence-electron chi connectivity index (χ0n) is 13.6. The van der Waals surface area contributed by atoms with Gasteiger partial charge < -0.3 is 14.4 Å². The summed E-state index contributed by atoms with van der Waals surface area (Å²) in [6.07, 6.45) is 1.45. The van der Waals surface area contributed by atoms with Gasteiger partial charge >= 0.3 is 6.61 Å². The van der Waals surface area contributed by atoms with Crippen LogP contribution in [0.4, 0.5) is 8.78 Å². The van der Waals surface area contributed by atoms with Gasteiger partial charge in [-0.05, 0) is 36.4 Å². The molecule has 0 heterocycles. The quantitative estimate of drug-likeness (QED) is 0.407. The van der Waals surface area contributed by atoms with Crippen LogP contribution in [0.15, 0.2) is 60.5 Å². The average Bonchev–Trinajstić information content (AvgIpc) is 2.55. The first-order valence-corrected chi connectivity index (χ1v) is 7.65. The van der Waals surface area contributed by atoms with E-state index in [-0.39, 0.29) is 17.1 Å². The van der Waals surface area contributed by atoms with Crippen LogP contribution < -0.4 is 9.47 Å². The van der Waals surface area contributed by atoms with E-state index in [1.54, 1.807) is 49.3 Å². The van der Waals surface area contributed by atoms with E-state index in [0.29, 0.717) is 10.8 Å². The van der Waals surface area contributed by atoms with Crippen LogP contribution in [0.1, 0.15) is 10.4 Å². The Morgan fingerprint density at radius 3 is 2.36 bits per heavy atom. The second kappa shape index (κ2) is 8.48. The summed E-state index contributed by atoms with van der Waals surface area (Å²) >= 11 is 5.83. The van der Waals surface area contributed by atoms with Gasteiger partial charge in [-0.15, -0.1) is 0 Å². The number of Topliss-reactive ketones (excluding diaryl/α,β-unsaturated/α-hetero) is 1. The Kier molecular flexibility index (Phi) is 6.36. The fourth-order valence-corrected chi connectivity index (χ4v) is 2.11. The zero-order chi connectivity index (χ0) is 18.4. The molecule has 0 saturated carbocycles. The Hall–Kier alpha value is -2.60. The number of ketones is 1. The lowest BCUT2D eigenvalue weighted by atomic mass is 10.1. The van der Waals surface area contributed by atoms with Crippen molar-refractivity contribution in [1.29, 1.82) is 0 Å². The van der Waals surface area contributed by atoms with E-state index in [9.17, 15) is 13.6 Å². The summed E-state index contributed by atoms with van der Waals surface area (Å²) < 4.78 is 35.2. The van der Waals surface area contributed by atoms with Crippen LogP contribution in [0.25, 0.3) is 0 Å². The Morgan fingerprint density at radius 2 is 1.76 bits per heavy atom. The molecule has 25 heavy (non-hydrogen) atoms. The van der Waals surface area contributed by atoms with Crippen LogP contribution in [0.2, 0.25) is 5.02 Å². The summed E-state index contributed by atoms with van der Waals surface area (Å²) in [5, 5.41) is 0.521. The summed E-state index contributed by atoms with van der Waals surface area (Å²) in [4.78, 5) is 14.4.